The van der Waals surface area contributed by atoms with Gasteiger partial charge >= 0.3 is 0 Å². The van der Waals surface area contributed by atoms with Crippen LogP contribution in [0.5, 0.6) is 0 Å². The van der Waals surface area contributed by atoms with Crippen LogP contribution in [0.2, 0.25) is 0 Å². The fraction of sp³-hybridized carbons (Fsp3) is 0.357. The van der Waals surface area contributed by atoms with Gasteiger partial charge in [-0.1, -0.05) is 30.7 Å². The summed E-state index contributed by atoms with van der Waals surface area (Å²) >= 11 is 0. The molecule has 1 aromatic carbocycles. The molecule has 19 heavy (non-hydrogen) atoms. The van der Waals surface area contributed by atoms with Crippen molar-refractivity contribution in [2.75, 3.05) is 6.54 Å². The number of carbonyl (C=O) groups excluding carboxylic acids is 1. The molecule has 0 radical (unpaired) electrons. The zero-order chi connectivity index (χ0) is 14.2. The average Bonchev–Trinajstić information content (AvgIpc) is 2.65. The molecule has 1 amide bonds. The molecule has 1 aliphatic rings. The third-order valence-electron chi connectivity index (χ3n) is 3.36. The summed E-state index contributed by atoms with van der Waals surface area (Å²) in [5.41, 5.74) is 1.55. The second kappa shape index (κ2) is 4.81. The van der Waals surface area contributed by atoms with Gasteiger partial charge in [0, 0.05) is 18.0 Å². The molecule has 5 heteroatoms. The maximum Gasteiger partial charge on any atom is 0.266 e. The lowest BCUT2D eigenvalue weighted by Crippen LogP contribution is -2.32. The van der Waals surface area contributed by atoms with Gasteiger partial charge < -0.3 is 0 Å². The number of aryl methyl sites for hydroxylation is 1. The Morgan fingerprint density at radius 3 is 2.32 bits per heavy atom. The summed E-state index contributed by atoms with van der Waals surface area (Å²) in [5.74, 6) is -0.465. The van der Waals surface area contributed by atoms with Crippen LogP contribution in [0, 0.1) is 12.8 Å². The van der Waals surface area contributed by atoms with Crippen molar-refractivity contribution >= 4 is 15.9 Å². The summed E-state index contributed by atoms with van der Waals surface area (Å²) in [6.45, 7) is 5.72. The Morgan fingerprint density at radius 2 is 1.84 bits per heavy atom. The lowest BCUT2D eigenvalue weighted by atomic mass is 10.1. The van der Waals surface area contributed by atoms with E-state index in [-0.39, 0.29) is 17.4 Å². The monoisotopic (exact) mass is 279 g/mol. The molecule has 0 spiro atoms. The highest BCUT2D eigenvalue weighted by atomic mass is 32.2. The highest BCUT2D eigenvalue weighted by Gasteiger charge is 2.39. The fourth-order valence-electron chi connectivity index (χ4n) is 2.24. The Bertz CT molecular complexity index is 629. The Hall–Kier alpha value is -1.62. The first-order valence-electron chi connectivity index (χ1n) is 6.18. The van der Waals surface area contributed by atoms with Crippen LogP contribution in [0.1, 0.15) is 19.4 Å². The van der Waals surface area contributed by atoms with Crippen molar-refractivity contribution in [1.29, 1.82) is 0 Å². The highest BCUT2D eigenvalue weighted by molar-refractivity contribution is 7.89. The maximum absolute atomic E-state index is 12.4. The molecule has 1 atom stereocenters. The van der Waals surface area contributed by atoms with Crippen LogP contribution in [-0.4, -0.2) is 25.2 Å². The Balaban J connectivity index is 2.42. The number of nitrogens with zero attached hydrogens (tertiary/aromatic N) is 1. The molecule has 1 heterocycles. The lowest BCUT2D eigenvalue weighted by molar-refractivity contribution is -0.120. The number of benzene rings is 1. The van der Waals surface area contributed by atoms with E-state index in [0.717, 1.165) is 9.87 Å². The largest absolute Gasteiger partial charge is 0.268 e. The van der Waals surface area contributed by atoms with E-state index in [1.165, 1.54) is 12.1 Å². The number of amides is 1. The molecule has 1 fully saturated rings. The topological polar surface area (TPSA) is 54.5 Å². The summed E-state index contributed by atoms with van der Waals surface area (Å²) in [7, 11) is -3.74. The Labute approximate surface area is 113 Å². The van der Waals surface area contributed by atoms with E-state index in [9.17, 15) is 13.2 Å². The van der Waals surface area contributed by atoms with Crippen LogP contribution >= 0.6 is 0 Å². The van der Waals surface area contributed by atoms with Crippen LogP contribution in [0.25, 0.3) is 0 Å². The number of allylic oxidation sites excluding steroid dienone is 1. The summed E-state index contributed by atoms with van der Waals surface area (Å²) in [6.07, 6.45) is 1.69. The van der Waals surface area contributed by atoms with Crippen molar-refractivity contribution in [3.8, 4) is 0 Å². The third kappa shape index (κ3) is 2.30. The van der Waals surface area contributed by atoms with Crippen LogP contribution in [0.3, 0.4) is 0 Å². The van der Waals surface area contributed by atoms with Gasteiger partial charge in [-0.25, -0.2) is 12.7 Å². The van der Waals surface area contributed by atoms with Gasteiger partial charge in [-0.3, -0.25) is 4.79 Å². The number of sulfonamides is 1. The van der Waals surface area contributed by atoms with E-state index < -0.39 is 15.9 Å². The second-order valence-electron chi connectivity index (χ2n) is 4.80. The highest BCUT2D eigenvalue weighted by Crippen LogP contribution is 2.29. The van der Waals surface area contributed by atoms with Crippen molar-refractivity contribution in [2.45, 2.75) is 25.7 Å². The minimum Gasteiger partial charge on any atom is -0.268 e. The first-order valence-corrected chi connectivity index (χ1v) is 7.62. The predicted molar refractivity (Wildman–Crippen MR) is 73.0 cm³/mol. The molecule has 1 saturated heterocycles. The van der Waals surface area contributed by atoms with Gasteiger partial charge in [0.2, 0.25) is 0 Å². The van der Waals surface area contributed by atoms with Crippen molar-refractivity contribution in [2.24, 2.45) is 5.92 Å². The summed E-state index contributed by atoms with van der Waals surface area (Å²) in [4.78, 5) is 12.3. The first kappa shape index (κ1) is 13.8. The van der Waals surface area contributed by atoms with Crippen molar-refractivity contribution in [1.82, 2.24) is 4.31 Å². The number of hydrogen-bond donors (Lipinski definition) is 0. The van der Waals surface area contributed by atoms with E-state index in [1.54, 1.807) is 25.1 Å². The molecular formula is C14H17NO3S. The summed E-state index contributed by atoms with van der Waals surface area (Å²) in [6, 6.07) is 6.54. The van der Waals surface area contributed by atoms with Gasteiger partial charge in [0.05, 0.1) is 4.90 Å². The molecule has 1 aromatic rings. The van der Waals surface area contributed by atoms with Crippen molar-refractivity contribution < 1.29 is 13.2 Å². The number of rotatable bonds is 2. The lowest BCUT2D eigenvalue weighted by Gasteiger charge is -2.16. The summed E-state index contributed by atoms with van der Waals surface area (Å²) < 4.78 is 25.9. The second-order valence-corrected chi connectivity index (χ2v) is 6.66. The van der Waals surface area contributed by atoms with Gasteiger partial charge in [0.1, 0.15) is 0 Å². The van der Waals surface area contributed by atoms with Gasteiger partial charge in [0.25, 0.3) is 15.9 Å². The standard InChI is InChI=1S/C14H17NO3S/c1-4-13-11(3)9-15(14(13)16)19(17,18)12-7-5-10(2)6-8-12/h4-8,11H,9H2,1-3H3. The van der Waals surface area contributed by atoms with Crippen LogP contribution < -0.4 is 0 Å². The maximum atomic E-state index is 12.4. The minimum absolute atomic E-state index is 0.0577. The molecule has 1 unspecified atom stereocenters. The normalized spacial score (nSPS) is 22.3. The zero-order valence-corrected chi connectivity index (χ0v) is 12.1. The van der Waals surface area contributed by atoms with Crippen LogP contribution in [0.15, 0.2) is 40.8 Å². The summed E-state index contributed by atoms with van der Waals surface area (Å²) in [5, 5.41) is 0. The number of carbonyl (C=O) groups is 1. The van der Waals surface area contributed by atoms with E-state index in [1.807, 2.05) is 13.8 Å². The quantitative estimate of drug-likeness (QED) is 0.779. The molecule has 0 bridgehead atoms. The molecule has 0 aromatic heterocycles. The van der Waals surface area contributed by atoms with E-state index in [4.69, 9.17) is 0 Å². The molecule has 102 valence electrons. The van der Waals surface area contributed by atoms with Gasteiger partial charge in [-0.15, -0.1) is 0 Å². The molecule has 4 nitrogen and oxygen atoms in total. The smallest absolute Gasteiger partial charge is 0.266 e. The van der Waals surface area contributed by atoms with E-state index >= 15 is 0 Å². The molecule has 2 rings (SSSR count). The number of hydrogen-bond acceptors (Lipinski definition) is 3. The molecule has 1 aliphatic heterocycles. The van der Waals surface area contributed by atoms with Gasteiger partial charge in [-0.2, -0.15) is 0 Å². The Kier molecular flexibility index (Phi) is 3.49. The average molecular weight is 279 g/mol. The fourth-order valence-corrected chi connectivity index (χ4v) is 3.72. The van der Waals surface area contributed by atoms with Gasteiger partial charge in [-0.05, 0) is 26.0 Å². The minimum atomic E-state index is -3.74. The van der Waals surface area contributed by atoms with Crippen LogP contribution in [-0.2, 0) is 14.8 Å². The molecule has 0 N–H and O–H groups in total. The Morgan fingerprint density at radius 1 is 1.26 bits per heavy atom. The molecule has 0 saturated carbocycles. The van der Waals surface area contributed by atoms with E-state index in [2.05, 4.69) is 0 Å². The van der Waals surface area contributed by atoms with Crippen LogP contribution in [0.4, 0.5) is 0 Å². The zero-order valence-electron chi connectivity index (χ0n) is 11.3. The first-order chi connectivity index (χ1) is 8.87. The van der Waals surface area contributed by atoms with Crippen molar-refractivity contribution in [3.63, 3.8) is 0 Å². The third-order valence-corrected chi connectivity index (χ3v) is 5.13. The van der Waals surface area contributed by atoms with E-state index in [0.29, 0.717) is 5.57 Å². The molecular weight excluding hydrogens is 262 g/mol. The van der Waals surface area contributed by atoms with Crippen molar-refractivity contribution in [3.05, 3.63) is 41.5 Å². The SMILES string of the molecule is CC=C1C(=O)N(S(=O)(=O)c2ccc(C)cc2)CC1C. The molecule has 0 aliphatic carbocycles. The predicted octanol–water partition coefficient (Wildman–Crippen LogP) is 2.11. The van der Waals surface area contributed by atoms with Gasteiger partial charge in [0.15, 0.2) is 0 Å².